The summed E-state index contributed by atoms with van der Waals surface area (Å²) in [5.41, 5.74) is 1.08. The first-order valence-corrected chi connectivity index (χ1v) is 5.71. The molecule has 0 aliphatic heterocycles. The molecular weight excluding hydrogens is 270 g/mol. The predicted octanol–water partition coefficient (Wildman–Crippen LogP) is 2.32. The molecule has 0 atom stereocenters. The molecule has 3 N–H and O–H groups in total. The molecule has 7 heteroatoms. The van der Waals surface area contributed by atoms with Gasteiger partial charge in [0.25, 0.3) is 5.91 Å². The summed E-state index contributed by atoms with van der Waals surface area (Å²) in [6, 6.07) is 6.11. The van der Waals surface area contributed by atoms with Gasteiger partial charge >= 0.3 is 5.97 Å². The molecule has 1 amide bonds. The third-order valence-corrected chi connectivity index (χ3v) is 2.72. The van der Waals surface area contributed by atoms with Crippen LogP contribution in [0.2, 0.25) is 5.02 Å². The van der Waals surface area contributed by atoms with Gasteiger partial charge in [-0.25, -0.2) is 4.79 Å². The van der Waals surface area contributed by atoms with Gasteiger partial charge in [-0.2, -0.15) is 5.10 Å². The van der Waals surface area contributed by atoms with Crippen molar-refractivity contribution in [2.24, 2.45) is 0 Å². The largest absolute Gasteiger partial charge is 0.477 e. The van der Waals surface area contributed by atoms with E-state index >= 15 is 0 Å². The van der Waals surface area contributed by atoms with E-state index in [4.69, 9.17) is 16.7 Å². The average molecular weight is 280 g/mol. The van der Waals surface area contributed by atoms with E-state index in [0.717, 1.165) is 5.56 Å². The number of benzene rings is 1. The minimum absolute atomic E-state index is 0.0943. The van der Waals surface area contributed by atoms with Crippen LogP contribution >= 0.6 is 11.6 Å². The Morgan fingerprint density at radius 3 is 2.68 bits per heavy atom. The molecule has 0 bridgehead atoms. The van der Waals surface area contributed by atoms with Crippen LogP contribution in [0.3, 0.4) is 0 Å². The van der Waals surface area contributed by atoms with Gasteiger partial charge < -0.3 is 10.4 Å². The molecule has 2 aromatic rings. The Morgan fingerprint density at radius 1 is 1.37 bits per heavy atom. The molecule has 6 nitrogen and oxygen atoms in total. The number of aryl methyl sites for hydroxylation is 1. The Hall–Kier alpha value is -2.34. The number of nitrogens with one attached hydrogen (secondary N) is 2. The molecular formula is C12H10ClN3O3. The molecule has 98 valence electrons. The summed E-state index contributed by atoms with van der Waals surface area (Å²) in [7, 11) is 0. The van der Waals surface area contributed by atoms with Gasteiger partial charge in [-0.3, -0.25) is 9.89 Å². The first-order chi connectivity index (χ1) is 8.97. The molecule has 0 fully saturated rings. The molecule has 0 unspecified atom stereocenters. The van der Waals surface area contributed by atoms with Crippen LogP contribution in [0.15, 0.2) is 24.3 Å². The van der Waals surface area contributed by atoms with Crippen LogP contribution in [0, 0.1) is 6.92 Å². The number of nitrogens with zero attached hydrogens (tertiary/aromatic N) is 1. The monoisotopic (exact) mass is 279 g/mol. The Kier molecular flexibility index (Phi) is 3.52. The number of hydrogen-bond acceptors (Lipinski definition) is 3. The van der Waals surface area contributed by atoms with Gasteiger partial charge in [0.15, 0.2) is 5.82 Å². The topological polar surface area (TPSA) is 95.1 Å². The van der Waals surface area contributed by atoms with E-state index in [9.17, 15) is 9.59 Å². The summed E-state index contributed by atoms with van der Waals surface area (Å²) in [5.74, 6) is -1.37. The van der Waals surface area contributed by atoms with Crippen molar-refractivity contribution in [2.45, 2.75) is 6.92 Å². The van der Waals surface area contributed by atoms with E-state index in [1.165, 1.54) is 6.07 Å². The highest BCUT2D eigenvalue weighted by Gasteiger charge is 2.13. The number of carbonyl (C=O) groups excluding carboxylic acids is 1. The first-order valence-electron chi connectivity index (χ1n) is 5.33. The number of carbonyl (C=O) groups is 2. The van der Waals surface area contributed by atoms with E-state index in [-0.39, 0.29) is 17.4 Å². The van der Waals surface area contributed by atoms with Gasteiger partial charge in [0.05, 0.1) is 0 Å². The van der Waals surface area contributed by atoms with Crippen molar-refractivity contribution < 1.29 is 14.7 Å². The highest BCUT2D eigenvalue weighted by molar-refractivity contribution is 6.30. The number of carboxylic acid groups (broad SMARTS) is 1. The number of carboxylic acids is 1. The van der Waals surface area contributed by atoms with E-state index < -0.39 is 5.97 Å². The SMILES string of the molecule is Cc1cc(Cl)ccc1C(=O)Nc1cc(C(=O)O)[nH]n1. The summed E-state index contributed by atoms with van der Waals surface area (Å²) in [6.45, 7) is 1.76. The summed E-state index contributed by atoms with van der Waals surface area (Å²) in [5, 5.41) is 17.8. The van der Waals surface area contributed by atoms with Crippen LogP contribution in [0.5, 0.6) is 0 Å². The Balaban J connectivity index is 2.18. The predicted molar refractivity (Wildman–Crippen MR) is 69.7 cm³/mol. The fourth-order valence-corrected chi connectivity index (χ4v) is 1.79. The van der Waals surface area contributed by atoms with E-state index in [1.807, 2.05) is 0 Å². The number of halogens is 1. The van der Waals surface area contributed by atoms with Crippen LogP contribution < -0.4 is 5.32 Å². The molecule has 2 rings (SSSR count). The van der Waals surface area contributed by atoms with Crippen LogP contribution in [0.1, 0.15) is 26.4 Å². The molecule has 0 aliphatic carbocycles. The second-order valence-corrected chi connectivity index (χ2v) is 4.32. The highest BCUT2D eigenvalue weighted by atomic mass is 35.5. The highest BCUT2D eigenvalue weighted by Crippen LogP contribution is 2.16. The molecule has 1 heterocycles. The number of anilines is 1. The Morgan fingerprint density at radius 2 is 2.11 bits per heavy atom. The molecule has 1 aromatic heterocycles. The smallest absolute Gasteiger partial charge is 0.353 e. The van der Waals surface area contributed by atoms with Gasteiger partial charge in [0.2, 0.25) is 0 Å². The lowest BCUT2D eigenvalue weighted by atomic mass is 10.1. The van der Waals surface area contributed by atoms with Crippen molar-refractivity contribution in [1.29, 1.82) is 0 Å². The first kappa shape index (κ1) is 13.1. The van der Waals surface area contributed by atoms with Crippen LogP contribution in [0.4, 0.5) is 5.82 Å². The van der Waals surface area contributed by atoms with Crippen LogP contribution in [-0.2, 0) is 0 Å². The third kappa shape index (κ3) is 2.92. The number of amides is 1. The lowest BCUT2D eigenvalue weighted by Crippen LogP contribution is -2.13. The number of H-pyrrole nitrogens is 1. The maximum atomic E-state index is 12.0. The minimum Gasteiger partial charge on any atom is -0.477 e. The number of aromatic amines is 1. The summed E-state index contributed by atoms with van der Waals surface area (Å²) in [6.07, 6.45) is 0. The molecule has 0 spiro atoms. The van der Waals surface area contributed by atoms with Crippen molar-refractivity contribution in [3.05, 3.63) is 46.1 Å². The zero-order chi connectivity index (χ0) is 14.0. The number of rotatable bonds is 3. The zero-order valence-electron chi connectivity index (χ0n) is 9.90. The summed E-state index contributed by atoms with van der Waals surface area (Å²) >= 11 is 5.81. The number of aromatic nitrogens is 2. The maximum Gasteiger partial charge on any atom is 0.353 e. The van der Waals surface area contributed by atoms with Gasteiger partial charge in [-0.05, 0) is 30.7 Å². The molecule has 19 heavy (non-hydrogen) atoms. The summed E-state index contributed by atoms with van der Waals surface area (Å²) < 4.78 is 0. The second kappa shape index (κ2) is 5.11. The molecule has 0 radical (unpaired) electrons. The number of hydrogen-bond donors (Lipinski definition) is 3. The maximum absolute atomic E-state index is 12.0. The lowest BCUT2D eigenvalue weighted by molar-refractivity contribution is 0.0690. The van der Waals surface area contributed by atoms with Crippen molar-refractivity contribution in [2.75, 3.05) is 5.32 Å². The van der Waals surface area contributed by atoms with Gasteiger partial charge in [0.1, 0.15) is 5.69 Å². The van der Waals surface area contributed by atoms with Gasteiger partial charge in [0, 0.05) is 16.7 Å². The van der Waals surface area contributed by atoms with Crippen molar-refractivity contribution in [3.63, 3.8) is 0 Å². The fourth-order valence-electron chi connectivity index (χ4n) is 1.56. The van der Waals surface area contributed by atoms with Gasteiger partial charge in [-0.15, -0.1) is 0 Å². The van der Waals surface area contributed by atoms with E-state index in [2.05, 4.69) is 15.5 Å². The molecule has 0 aliphatic rings. The molecule has 0 saturated heterocycles. The van der Waals surface area contributed by atoms with Crippen molar-refractivity contribution in [1.82, 2.24) is 10.2 Å². The second-order valence-electron chi connectivity index (χ2n) is 3.89. The fraction of sp³-hybridized carbons (Fsp3) is 0.0833. The molecule has 0 saturated carbocycles. The standard InChI is InChI=1S/C12H10ClN3O3/c1-6-4-7(13)2-3-8(6)11(17)14-10-5-9(12(18)19)15-16-10/h2-5H,1H3,(H,18,19)(H2,14,15,16,17). The normalized spacial score (nSPS) is 10.2. The lowest BCUT2D eigenvalue weighted by Gasteiger charge is -2.05. The molecule has 1 aromatic carbocycles. The quantitative estimate of drug-likeness (QED) is 0.803. The number of aromatic carboxylic acids is 1. The van der Waals surface area contributed by atoms with E-state index in [1.54, 1.807) is 25.1 Å². The Labute approximate surface area is 113 Å². The van der Waals surface area contributed by atoms with E-state index in [0.29, 0.717) is 10.6 Å². The zero-order valence-corrected chi connectivity index (χ0v) is 10.7. The van der Waals surface area contributed by atoms with Crippen molar-refractivity contribution in [3.8, 4) is 0 Å². The minimum atomic E-state index is -1.14. The van der Waals surface area contributed by atoms with Crippen LogP contribution in [0.25, 0.3) is 0 Å². The Bertz CT molecular complexity index is 651. The van der Waals surface area contributed by atoms with Crippen molar-refractivity contribution >= 4 is 29.3 Å². The average Bonchev–Trinajstić information content (AvgIpc) is 2.77. The van der Waals surface area contributed by atoms with Gasteiger partial charge in [-0.1, -0.05) is 11.6 Å². The van der Waals surface area contributed by atoms with Crippen LogP contribution in [-0.4, -0.2) is 27.2 Å². The summed E-state index contributed by atoms with van der Waals surface area (Å²) in [4.78, 5) is 22.6. The third-order valence-electron chi connectivity index (χ3n) is 2.48.